The number of benzene rings is 1. The van der Waals surface area contributed by atoms with E-state index in [0.717, 1.165) is 5.56 Å². The highest BCUT2D eigenvalue weighted by atomic mass is 16.4. The molecule has 92 valence electrons. The van der Waals surface area contributed by atoms with Crippen molar-refractivity contribution in [2.24, 2.45) is 0 Å². The first kappa shape index (κ1) is 13.0. The first-order chi connectivity index (χ1) is 7.95. The van der Waals surface area contributed by atoms with Crippen molar-refractivity contribution in [1.82, 2.24) is 5.32 Å². The van der Waals surface area contributed by atoms with Crippen LogP contribution in [0.5, 0.6) is 0 Å². The van der Waals surface area contributed by atoms with Gasteiger partial charge in [0, 0.05) is 5.69 Å². The van der Waals surface area contributed by atoms with Crippen molar-refractivity contribution in [2.75, 3.05) is 5.73 Å². The molecule has 0 heterocycles. The van der Waals surface area contributed by atoms with E-state index in [9.17, 15) is 9.59 Å². The van der Waals surface area contributed by atoms with Crippen molar-refractivity contribution in [2.45, 2.75) is 26.3 Å². The van der Waals surface area contributed by atoms with Crippen LogP contribution in [-0.4, -0.2) is 23.0 Å². The summed E-state index contributed by atoms with van der Waals surface area (Å²) < 4.78 is 0. The van der Waals surface area contributed by atoms with Crippen LogP contribution >= 0.6 is 0 Å². The Kier molecular flexibility index (Phi) is 4.09. The fourth-order valence-electron chi connectivity index (χ4n) is 1.44. The number of carbonyl (C=O) groups excluding carboxylic acids is 1. The molecule has 0 aromatic heterocycles. The molecule has 0 aliphatic carbocycles. The number of aliphatic carboxylic acids is 1. The van der Waals surface area contributed by atoms with Gasteiger partial charge in [-0.15, -0.1) is 0 Å². The molecular weight excluding hydrogens is 220 g/mol. The van der Waals surface area contributed by atoms with E-state index in [1.165, 1.54) is 0 Å². The Morgan fingerprint density at radius 1 is 1.47 bits per heavy atom. The molecule has 17 heavy (non-hydrogen) atoms. The number of amides is 1. The van der Waals surface area contributed by atoms with Crippen molar-refractivity contribution in [3.8, 4) is 0 Å². The van der Waals surface area contributed by atoms with Crippen molar-refractivity contribution < 1.29 is 14.7 Å². The van der Waals surface area contributed by atoms with Gasteiger partial charge in [-0.05, 0) is 25.5 Å². The first-order valence-electron chi connectivity index (χ1n) is 5.35. The number of rotatable bonds is 4. The summed E-state index contributed by atoms with van der Waals surface area (Å²) >= 11 is 0. The summed E-state index contributed by atoms with van der Waals surface area (Å²) in [5.41, 5.74) is 7.22. The van der Waals surface area contributed by atoms with Crippen LogP contribution in [0, 0.1) is 6.92 Å². The fourth-order valence-corrected chi connectivity index (χ4v) is 1.44. The Bertz CT molecular complexity index is 443. The highest BCUT2D eigenvalue weighted by Crippen LogP contribution is 2.13. The molecule has 1 rings (SSSR count). The predicted octanol–water partition coefficient (Wildman–Crippen LogP) is 1.17. The molecular formula is C12H16N2O3. The maximum Gasteiger partial charge on any atom is 0.326 e. The molecule has 0 radical (unpaired) electrons. The summed E-state index contributed by atoms with van der Waals surface area (Å²) in [7, 11) is 0. The maximum absolute atomic E-state index is 11.8. The minimum atomic E-state index is -1.05. The number of nitrogens with two attached hydrogens (primary N) is 1. The van der Waals surface area contributed by atoms with E-state index in [1.807, 2.05) is 6.92 Å². The van der Waals surface area contributed by atoms with Gasteiger partial charge in [-0.1, -0.05) is 18.6 Å². The van der Waals surface area contributed by atoms with Gasteiger partial charge in [-0.25, -0.2) is 4.79 Å². The van der Waals surface area contributed by atoms with Crippen LogP contribution in [0.25, 0.3) is 0 Å². The largest absolute Gasteiger partial charge is 0.480 e. The van der Waals surface area contributed by atoms with E-state index in [1.54, 1.807) is 25.1 Å². The van der Waals surface area contributed by atoms with Crippen molar-refractivity contribution in [1.29, 1.82) is 0 Å². The second kappa shape index (κ2) is 5.34. The molecule has 1 amide bonds. The van der Waals surface area contributed by atoms with Gasteiger partial charge < -0.3 is 16.2 Å². The number of carbonyl (C=O) groups is 2. The molecule has 0 aliphatic rings. The Balaban J connectivity index is 2.89. The lowest BCUT2D eigenvalue weighted by molar-refractivity contribution is -0.139. The number of carboxylic acids is 1. The van der Waals surface area contributed by atoms with Crippen LogP contribution in [-0.2, 0) is 4.79 Å². The molecule has 0 aliphatic heterocycles. The zero-order valence-corrected chi connectivity index (χ0v) is 9.86. The number of carboxylic acid groups (broad SMARTS) is 1. The SMILES string of the molecule is CC[C@H](NC(=O)c1cc(C)ccc1N)C(=O)O. The van der Waals surface area contributed by atoms with Crippen LogP contribution in [0.2, 0.25) is 0 Å². The number of anilines is 1. The molecule has 0 fully saturated rings. The average molecular weight is 236 g/mol. The zero-order valence-electron chi connectivity index (χ0n) is 9.86. The summed E-state index contributed by atoms with van der Waals surface area (Å²) in [4.78, 5) is 22.6. The topological polar surface area (TPSA) is 92.4 Å². The third-order valence-electron chi connectivity index (χ3n) is 2.47. The van der Waals surface area contributed by atoms with Crippen LogP contribution in [0.3, 0.4) is 0 Å². The standard InChI is InChI=1S/C12H16N2O3/c1-3-10(12(16)17)14-11(15)8-6-7(2)4-5-9(8)13/h4-6,10H,3,13H2,1-2H3,(H,14,15)(H,16,17)/t10-/m0/s1. The summed E-state index contributed by atoms with van der Waals surface area (Å²) in [6, 6.07) is 4.17. The van der Waals surface area contributed by atoms with Gasteiger partial charge >= 0.3 is 5.97 Å². The van der Waals surface area contributed by atoms with Gasteiger partial charge in [0.1, 0.15) is 6.04 Å². The van der Waals surface area contributed by atoms with Crippen LogP contribution in [0.15, 0.2) is 18.2 Å². The summed E-state index contributed by atoms with van der Waals surface area (Å²) in [6.07, 6.45) is 0.326. The average Bonchev–Trinajstić information content (AvgIpc) is 2.28. The van der Waals surface area contributed by atoms with E-state index in [4.69, 9.17) is 10.8 Å². The quantitative estimate of drug-likeness (QED) is 0.684. The van der Waals surface area contributed by atoms with Crippen molar-refractivity contribution in [3.05, 3.63) is 29.3 Å². The van der Waals surface area contributed by atoms with Crippen LogP contribution in [0.4, 0.5) is 5.69 Å². The molecule has 0 spiro atoms. The molecule has 0 saturated carbocycles. The lowest BCUT2D eigenvalue weighted by atomic mass is 10.1. The highest BCUT2D eigenvalue weighted by Gasteiger charge is 2.19. The molecule has 4 N–H and O–H groups in total. The van der Waals surface area contributed by atoms with Crippen molar-refractivity contribution in [3.63, 3.8) is 0 Å². The molecule has 0 bridgehead atoms. The lowest BCUT2D eigenvalue weighted by Crippen LogP contribution is -2.40. The number of nitrogens with one attached hydrogen (secondary N) is 1. The minimum absolute atomic E-state index is 0.310. The Labute approximate surface area is 99.6 Å². The molecule has 1 atom stereocenters. The zero-order chi connectivity index (χ0) is 13.0. The Hall–Kier alpha value is -2.04. The van der Waals surface area contributed by atoms with Gasteiger partial charge in [-0.2, -0.15) is 0 Å². The monoisotopic (exact) mass is 236 g/mol. The minimum Gasteiger partial charge on any atom is -0.480 e. The number of nitrogen functional groups attached to an aromatic ring is 1. The number of aryl methyl sites for hydroxylation is 1. The Morgan fingerprint density at radius 3 is 2.65 bits per heavy atom. The van der Waals surface area contributed by atoms with Gasteiger partial charge in [0.25, 0.3) is 5.91 Å². The normalized spacial score (nSPS) is 11.9. The van der Waals surface area contributed by atoms with Crippen LogP contribution in [0.1, 0.15) is 29.3 Å². The molecule has 1 aromatic carbocycles. The second-order valence-electron chi connectivity index (χ2n) is 3.86. The molecule has 5 nitrogen and oxygen atoms in total. The maximum atomic E-state index is 11.8. The summed E-state index contributed by atoms with van der Waals surface area (Å²) in [6.45, 7) is 3.53. The predicted molar refractivity (Wildman–Crippen MR) is 64.8 cm³/mol. The van der Waals surface area contributed by atoms with Gasteiger partial charge in [-0.3, -0.25) is 4.79 Å². The summed E-state index contributed by atoms with van der Waals surface area (Å²) in [5.74, 6) is -1.51. The molecule has 1 aromatic rings. The molecule has 0 saturated heterocycles. The molecule has 5 heteroatoms. The van der Waals surface area contributed by atoms with E-state index in [-0.39, 0.29) is 0 Å². The first-order valence-corrected chi connectivity index (χ1v) is 5.35. The smallest absolute Gasteiger partial charge is 0.326 e. The van der Waals surface area contributed by atoms with Gasteiger partial charge in [0.15, 0.2) is 0 Å². The molecule has 0 unspecified atom stereocenters. The lowest BCUT2D eigenvalue weighted by Gasteiger charge is -2.13. The number of hydrogen-bond donors (Lipinski definition) is 3. The van der Waals surface area contributed by atoms with Gasteiger partial charge in [0.05, 0.1) is 5.56 Å². The van der Waals surface area contributed by atoms with Gasteiger partial charge in [0.2, 0.25) is 0 Å². The highest BCUT2D eigenvalue weighted by molar-refractivity contribution is 6.00. The van der Waals surface area contributed by atoms with Crippen LogP contribution < -0.4 is 11.1 Å². The number of hydrogen-bond acceptors (Lipinski definition) is 3. The third kappa shape index (κ3) is 3.21. The summed E-state index contributed by atoms with van der Waals surface area (Å²) in [5, 5.41) is 11.3. The Morgan fingerprint density at radius 2 is 2.12 bits per heavy atom. The fraction of sp³-hybridized carbons (Fsp3) is 0.333. The second-order valence-corrected chi connectivity index (χ2v) is 3.86. The van der Waals surface area contributed by atoms with Crippen molar-refractivity contribution >= 4 is 17.6 Å². The van der Waals surface area contributed by atoms with E-state index in [0.29, 0.717) is 17.7 Å². The third-order valence-corrected chi connectivity index (χ3v) is 2.47. The van der Waals surface area contributed by atoms with E-state index < -0.39 is 17.9 Å². The van der Waals surface area contributed by atoms with E-state index >= 15 is 0 Å². The van der Waals surface area contributed by atoms with E-state index in [2.05, 4.69) is 5.32 Å².